The third-order valence-electron chi connectivity index (χ3n) is 5.19. The zero-order valence-corrected chi connectivity index (χ0v) is 20.2. The van der Waals surface area contributed by atoms with Gasteiger partial charge in [-0.05, 0) is 67.4 Å². The van der Waals surface area contributed by atoms with E-state index < -0.39 is 5.56 Å². The first kappa shape index (κ1) is 24.0. The van der Waals surface area contributed by atoms with Crippen LogP contribution in [0.4, 0.5) is 11.4 Å². The Bertz CT molecular complexity index is 1400. The van der Waals surface area contributed by atoms with Crippen molar-refractivity contribution in [3.8, 4) is 17.2 Å². The largest absolute Gasteiger partial charge is 0.453 e. The van der Waals surface area contributed by atoms with Crippen LogP contribution < -0.4 is 20.9 Å². The van der Waals surface area contributed by atoms with Crippen LogP contribution in [0.1, 0.15) is 29.3 Å². The smallest absolute Gasteiger partial charge is 0.299 e. The minimum atomic E-state index is -0.437. The van der Waals surface area contributed by atoms with E-state index in [1.54, 1.807) is 54.6 Å². The number of nitrogens with zero attached hydrogens (tertiary/aromatic N) is 2. The lowest BCUT2D eigenvalue weighted by atomic mass is 10.2. The Morgan fingerprint density at radius 1 is 1.06 bits per heavy atom. The topological polar surface area (TPSA) is 85.2 Å². The SMILES string of the molecule is CCCNC(=O)c1ccc(Nc2c(Oc3cccc(C)c3)cnn(-c3ccccc3Cl)c2=O)cc1. The number of carbonyl (C=O) groups is 1. The van der Waals surface area contributed by atoms with Gasteiger partial charge in [0.25, 0.3) is 11.5 Å². The number of carbonyl (C=O) groups excluding carboxylic acids is 1. The van der Waals surface area contributed by atoms with E-state index >= 15 is 0 Å². The van der Waals surface area contributed by atoms with Crippen molar-refractivity contribution in [1.82, 2.24) is 15.1 Å². The lowest BCUT2D eigenvalue weighted by molar-refractivity contribution is 0.0953. The van der Waals surface area contributed by atoms with Gasteiger partial charge in [0.1, 0.15) is 5.75 Å². The molecule has 8 heteroatoms. The summed E-state index contributed by atoms with van der Waals surface area (Å²) in [6.07, 6.45) is 2.33. The van der Waals surface area contributed by atoms with Gasteiger partial charge >= 0.3 is 0 Å². The highest BCUT2D eigenvalue weighted by Gasteiger charge is 2.17. The van der Waals surface area contributed by atoms with Crippen molar-refractivity contribution in [2.75, 3.05) is 11.9 Å². The summed E-state index contributed by atoms with van der Waals surface area (Å²) in [6, 6.07) is 21.3. The fraction of sp³-hybridized carbons (Fsp3) is 0.148. The summed E-state index contributed by atoms with van der Waals surface area (Å²) < 4.78 is 7.26. The van der Waals surface area contributed by atoms with Gasteiger partial charge in [0.2, 0.25) is 0 Å². The summed E-state index contributed by atoms with van der Waals surface area (Å²) in [7, 11) is 0. The number of anilines is 2. The molecule has 0 radical (unpaired) electrons. The molecule has 0 spiro atoms. The molecule has 3 aromatic carbocycles. The zero-order chi connectivity index (χ0) is 24.8. The van der Waals surface area contributed by atoms with Gasteiger partial charge in [0.05, 0.1) is 16.9 Å². The number of rotatable bonds is 8. The molecule has 0 aliphatic rings. The molecule has 0 saturated carbocycles. The Morgan fingerprint density at radius 3 is 2.54 bits per heavy atom. The van der Waals surface area contributed by atoms with E-state index in [4.69, 9.17) is 16.3 Å². The average Bonchev–Trinajstić information content (AvgIpc) is 2.86. The number of aromatic nitrogens is 2. The Kier molecular flexibility index (Phi) is 7.48. The van der Waals surface area contributed by atoms with Gasteiger partial charge in [0.15, 0.2) is 11.4 Å². The first-order valence-corrected chi connectivity index (χ1v) is 11.6. The molecule has 0 atom stereocenters. The molecule has 0 aliphatic carbocycles. The average molecular weight is 489 g/mol. The van der Waals surface area contributed by atoms with Crippen LogP contribution in [0.5, 0.6) is 11.5 Å². The van der Waals surface area contributed by atoms with E-state index in [2.05, 4.69) is 15.7 Å². The first-order valence-electron chi connectivity index (χ1n) is 11.2. The van der Waals surface area contributed by atoms with Crippen molar-refractivity contribution >= 4 is 28.9 Å². The van der Waals surface area contributed by atoms with Gasteiger partial charge in [-0.3, -0.25) is 9.59 Å². The molecule has 0 unspecified atom stereocenters. The highest BCUT2D eigenvalue weighted by Crippen LogP contribution is 2.30. The van der Waals surface area contributed by atoms with Crippen molar-refractivity contribution < 1.29 is 9.53 Å². The molecule has 7 nitrogen and oxygen atoms in total. The quantitative estimate of drug-likeness (QED) is 0.324. The fourth-order valence-electron chi connectivity index (χ4n) is 3.42. The molecule has 4 aromatic rings. The third kappa shape index (κ3) is 5.70. The van der Waals surface area contributed by atoms with E-state index in [0.29, 0.717) is 34.3 Å². The molecule has 178 valence electrons. The second-order valence-corrected chi connectivity index (χ2v) is 8.34. The Labute approximate surface area is 208 Å². The molecule has 2 N–H and O–H groups in total. The van der Waals surface area contributed by atoms with Gasteiger partial charge in [-0.25, -0.2) is 0 Å². The van der Waals surface area contributed by atoms with E-state index in [-0.39, 0.29) is 17.3 Å². The molecule has 0 fully saturated rings. The lowest BCUT2D eigenvalue weighted by Gasteiger charge is -2.15. The summed E-state index contributed by atoms with van der Waals surface area (Å²) >= 11 is 6.32. The van der Waals surface area contributed by atoms with Crippen molar-refractivity contribution in [3.05, 3.63) is 105 Å². The molecule has 0 bridgehead atoms. The fourth-order valence-corrected chi connectivity index (χ4v) is 3.64. The Balaban J connectivity index is 1.72. The highest BCUT2D eigenvalue weighted by atomic mass is 35.5. The number of hydrogen-bond donors (Lipinski definition) is 2. The number of benzene rings is 3. The summed E-state index contributed by atoms with van der Waals surface area (Å²) in [4.78, 5) is 25.8. The number of aryl methyl sites for hydroxylation is 1. The number of halogens is 1. The predicted octanol–water partition coefficient (Wildman–Crippen LogP) is 5.87. The number of amides is 1. The van der Waals surface area contributed by atoms with Crippen LogP contribution in [-0.2, 0) is 0 Å². The van der Waals surface area contributed by atoms with E-state index in [0.717, 1.165) is 12.0 Å². The summed E-state index contributed by atoms with van der Waals surface area (Å²) in [5, 5.41) is 10.7. The van der Waals surface area contributed by atoms with Crippen LogP contribution in [0.15, 0.2) is 83.8 Å². The van der Waals surface area contributed by atoms with Gasteiger partial charge < -0.3 is 15.4 Å². The molecule has 0 saturated heterocycles. The zero-order valence-electron chi connectivity index (χ0n) is 19.4. The van der Waals surface area contributed by atoms with Gasteiger partial charge in [-0.1, -0.05) is 42.8 Å². The molecule has 4 rings (SSSR count). The Morgan fingerprint density at radius 2 is 1.83 bits per heavy atom. The number of para-hydroxylation sites is 1. The number of nitrogens with one attached hydrogen (secondary N) is 2. The maximum absolute atomic E-state index is 13.5. The van der Waals surface area contributed by atoms with Crippen LogP contribution in [0.3, 0.4) is 0 Å². The van der Waals surface area contributed by atoms with Crippen LogP contribution >= 0.6 is 11.6 Å². The minimum absolute atomic E-state index is 0.146. The lowest BCUT2D eigenvalue weighted by Crippen LogP contribution is -2.24. The second kappa shape index (κ2) is 10.9. The second-order valence-electron chi connectivity index (χ2n) is 7.93. The molecule has 1 heterocycles. The van der Waals surface area contributed by atoms with Crippen LogP contribution in [-0.4, -0.2) is 22.2 Å². The van der Waals surface area contributed by atoms with Crippen LogP contribution in [0.25, 0.3) is 5.69 Å². The Hall–Kier alpha value is -4.10. The monoisotopic (exact) mass is 488 g/mol. The van der Waals surface area contributed by atoms with E-state index in [1.807, 2.05) is 32.0 Å². The van der Waals surface area contributed by atoms with Crippen LogP contribution in [0.2, 0.25) is 5.02 Å². The van der Waals surface area contributed by atoms with Gasteiger partial charge in [0, 0.05) is 17.8 Å². The molecular formula is C27H25ClN4O3. The standard InChI is InChI=1S/C27H25ClN4O3/c1-3-15-29-26(33)19-11-13-20(14-12-19)31-25-24(35-21-8-6-7-18(2)16-21)17-30-32(27(25)34)23-10-5-4-9-22(23)28/h4-14,16-17,31H,3,15H2,1-2H3,(H,29,33). The number of ether oxygens (including phenoxy) is 1. The highest BCUT2D eigenvalue weighted by molar-refractivity contribution is 6.32. The normalized spacial score (nSPS) is 10.6. The summed E-state index contributed by atoms with van der Waals surface area (Å²) in [6.45, 7) is 4.56. The predicted molar refractivity (Wildman–Crippen MR) is 138 cm³/mol. The van der Waals surface area contributed by atoms with Crippen molar-refractivity contribution in [3.63, 3.8) is 0 Å². The molecule has 1 amide bonds. The first-order chi connectivity index (χ1) is 17.0. The third-order valence-corrected chi connectivity index (χ3v) is 5.51. The maximum Gasteiger partial charge on any atom is 0.299 e. The number of hydrogen-bond acceptors (Lipinski definition) is 5. The van der Waals surface area contributed by atoms with Gasteiger partial charge in [-0.15, -0.1) is 0 Å². The molecule has 0 aliphatic heterocycles. The summed E-state index contributed by atoms with van der Waals surface area (Å²) in [5.74, 6) is 0.688. The molecule has 1 aromatic heterocycles. The van der Waals surface area contributed by atoms with E-state index in [9.17, 15) is 9.59 Å². The molecular weight excluding hydrogens is 464 g/mol. The van der Waals surface area contributed by atoms with Crippen molar-refractivity contribution in [1.29, 1.82) is 0 Å². The van der Waals surface area contributed by atoms with Gasteiger partial charge in [-0.2, -0.15) is 9.78 Å². The van der Waals surface area contributed by atoms with Crippen molar-refractivity contribution in [2.45, 2.75) is 20.3 Å². The minimum Gasteiger partial charge on any atom is -0.453 e. The molecule has 35 heavy (non-hydrogen) atoms. The summed E-state index contributed by atoms with van der Waals surface area (Å²) in [5.41, 5.74) is 2.36. The maximum atomic E-state index is 13.5. The van der Waals surface area contributed by atoms with E-state index in [1.165, 1.54) is 10.9 Å². The van der Waals surface area contributed by atoms with Crippen molar-refractivity contribution in [2.24, 2.45) is 0 Å². The van der Waals surface area contributed by atoms with Crippen LogP contribution in [0, 0.1) is 6.92 Å².